The van der Waals surface area contributed by atoms with E-state index in [1.807, 2.05) is 6.92 Å². The number of unbranched alkanes of at least 4 members (excludes halogenated alkanes) is 3. The van der Waals surface area contributed by atoms with Gasteiger partial charge in [0.15, 0.2) is 17.6 Å². The van der Waals surface area contributed by atoms with Crippen LogP contribution in [0.5, 0.6) is 11.5 Å². The first-order chi connectivity index (χ1) is 28.1. The minimum atomic E-state index is -1.01. The van der Waals surface area contributed by atoms with Gasteiger partial charge in [-0.3, -0.25) is 19.2 Å². The molecule has 2 bridgehead atoms. The number of primary amides is 1. The van der Waals surface area contributed by atoms with Crippen LogP contribution in [0.4, 0.5) is 4.79 Å². The molecule has 0 fully saturated rings. The Morgan fingerprint density at radius 1 is 1.02 bits per heavy atom. The smallest absolute Gasteiger partial charge is 0.405 e. The molecule has 59 heavy (non-hydrogen) atoms. The zero-order valence-electron chi connectivity index (χ0n) is 35.0. The van der Waals surface area contributed by atoms with Crippen molar-refractivity contribution in [1.29, 1.82) is 0 Å². The Morgan fingerprint density at radius 3 is 2.37 bits per heavy atom. The third-order valence-corrected chi connectivity index (χ3v) is 10.1. The molecule has 1 aliphatic carbocycles. The summed E-state index contributed by atoms with van der Waals surface area (Å²) < 4.78 is 21.8. The lowest BCUT2D eigenvalue weighted by molar-refractivity contribution is -0.120. The van der Waals surface area contributed by atoms with E-state index in [-0.39, 0.29) is 46.5 Å². The van der Waals surface area contributed by atoms with E-state index in [4.69, 9.17) is 24.7 Å². The Morgan fingerprint density at radius 2 is 1.73 bits per heavy atom. The maximum atomic E-state index is 14.0. The molecule has 0 aromatic heterocycles. The summed E-state index contributed by atoms with van der Waals surface area (Å²) in [5.74, 6) is -2.20. The number of benzene rings is 1. The van der Waals surface area contributed by atoms with Gasteiger partial charge in [0, 0.05) is 56.5 Å². The number of ether oxygens (including phenoxy) is 4. The van der Waals surface area contributed by atoms with E-state index in [0.29, 0.717) is 42.8 Å². The van der Waals surface area contributed by atoms with Crippen LogP contribution >= 0.6 is 0 Å². The van der Waals surface area contributed by atoms with Gasteiger partial charge in [0.1, 0.15) is 6.10 Å². The lowest BCUT2D eigenvalue weighted by Gasteiger charge is -2.30. The molecule has 0 radical (unpaired) electrons. The van der Waals surface area contributed by atoms with Crippen LogP contribution in [0.2, 0.25) is 0 Å². The number of aliphatic hydroxyl groups excluding tert-OH is 1. The molecule has 0 saturated carbocycles. The highest BCUT2D eigenvalue weighted by Gasteiger charge is 2.33. The summed E-state index contributed by atoms with van der Waals surface area (Å²) >= 11 is 0. The molecule has 0 unspecified atom stereocenters. The van der Waals surface area contributed by atoms with E-state index in [9.17, 15) is 34.2 Å². The van der Waals surface area contributed by atoms with Gasteiger partial charge in [0.2, 0.25) is 17.5 Å². The van der Waals surface area contributed by atoms with Gasteiger partial charge in [-0.15, -0.1) is 0 Å². The van der Waals surface area contributed by atoms with Crippen LogP contribution in [0.15, 0.2) is 82.8 Å². The van der Waals surface area contributed by atoms with Crippen molar-refractivity contribution < 1.29 is 53.1 Å². The van der Waals surface area contributed by atoms with E-state index >= 15 is 0 Å². The molecule has 0 spiro atoms. The molecular formula is C44H60N4O11. The first-order valence-corrected chi connectivity index (χ1v) is 19.7. The topological polar surface area (TPSA) is 225 Å². The normalized spacial score (nSPS) is 25.9. The van der Waals surface area contributed by atoms with Crippen LogP contribution in [-0.4, -0.2) is 98.5 Å². The van der Waals surface area contributed by atoms with E-state index in [1.54, 1.807) is 57.2 Å². The predicted octanol–water partition coefficient (Wildman–Crippen LogP) is 4.46. The summed E-state index contributed by atoms with van der Waals surface area (Å²) in [6, 6.07) is 4.85. The van der Waals surface area contributed by atoms with E-state index in [1.165, 1.54) is 39.5 Å². The molecule has 2 aliphatic rings. The van der Waals surface area contributed by atoms with Gasteiger partial charge in [-0.05, 0) is 74.8 Å². The summed E-state index contributed by atoms with van der Waals surface area (Å²) in [4.78, 5) is 64.9. The van der Waals surface area contributed by atoms with E-state index in [2.05, 4.69) is 16.0 Å². The number of fused-ring (bicyclic) bond motifs is 2. The molecule has 6 atom stereocenters. The standard InChI is InChI=1S/C44H60N4O11/c1-26-21-31-39(47-20-11-9-8-10-19-46-38(51)18-16-30-15-17-35(56-5)33(49)24-30)34(50)25-32(41(31)53)48-43(54)27(2)13-12-14-36(57-6)42(59-44(45)55)29(4)23-28(3)40(52)37(22-26)58-7/h12-18,23-26,28,36-37,40,42,47,49,52H,8-11,19-22H2,1-7H3,(H2,45,55)(H,46,51)(H,48,54)/b14-12-,18-16+,27-13+,29-23+/t26-,28+,36+,37+,40-,42+/m1/s1. The van der Waals surface area contributed by atoms with Crippen molar-refractivity contribution in [2.24, 2.45) is 17.6 Å². The number of phenols is 1. The monoisotopic (exact) mass is 820 g/mol. The molecule has 3 amide bonds. The van der Waals surface area contributed by atoms with Crippen LogP contribution in [0.25, 0.3) is 6.08 Å². The van der Waals surface area contributed by atoms with Gasteiger partial charge in [-0.1, -0.05) is 57.1 Å². The molecule has 3 rings (SSSR count). The molecule has 15 nitrogen and oxygen atoms in total. The van der Waals surface area contributed by atoms with Crippen LogP contribution in [0, 0.1) is 11.8 Å². The minimum Gasteiger partial charge on any atom is -0.504 e. The largest absolute Gasteiger partial charge is 0.504 e. The second kappa shape index (κ2) is 23.8. The Kier molecular flexibility index (Phi) is 19.3. The molecule has 1 aromatic rings. The average Bonchev–Trinajstić information content (AvgIpc) is 3.19. The SMILES string of the molecule is COc1ccc(/C=C/C(=O)NCCCCCCNC2=C3C[C@@H](C)C[C@H](OC)[C@H](O)[C@@H](C)/C=C(\C)[C@H](OC(N)=O)[C@@H](OC)/C=C\C=C(/C)C(=O)NC(=CC2=O)C3=O)cc1O. The second-order valence-corrected chi connectivity index (χ2v) is 14.8. The Balaban J connectivity index is 1.72. The maximum Gasteiger partial charge on any atom is 0.405 e. The number of hydrogen-bond donors (Lipinski definition) is 6. The van der Waals surface area contributed by atoms with Crippen LogP contribution < -0.4 is 26.4 Å². The molecule has 7 N–H and O–H groups in total. The van der Waals surface area contributed by atoms with Crippen molar-refractivity contribution in [3.8, 4) is 11.5 Å². The Hall–Kier alpha value is -5.51. The number of rotatable bonds is 14. The second-order valence-electron chi connectivity index (χ2n) is 14.8. The quantitative estimate of drug-likeness (QED) is 0.0663. The molecule has 15 heteroatoms. The first-order valence-electron chi connectivity index (χ1n) is 19.7. The number of amides is 3. The molecule has 1 heterocycles. The first kappa shape index (κ1) is 47.9. The fourth-order valence-electron chi connectivity index (χ4n) is 6.85. The van der Waals surface area contributed by atoms with Gasteiger partial charge in [-0.2, -0.15) is 0 Å². The molecular weight excluding hydrogens is 761 g/mol. The fourth-order valence-corrected chi connectivity index (χ4v) is 6.85. The summed E-state index contributed by atoms with van der Waals surface area (Å²) in [6.07, 6.45) is 9.58. The van der Waals surface area contributed by atoms with Crippen LogP contribution in [0.3, 0.4) is 0 Å². The number of Topliss-reactive ketones (excluding diaryl/α,β-unsaturated/α-hetero) is 1. The Bertz CT molecular complexity index is 1860. The highest BCUT2D eigenvalue weighted by molar-refractivity contribution is 6.23. The van der Waals surface area contributed by atoms with Gasteiger partial charge in [0.05, 0.1) is 30.7 Å². The summed E-state index contributed by atoms with van der Waals surface area (Å²) in [5.41, 5.74) is 7.08. The number of methoxy groups -OCH3 is 3. The number of hydrogen-bond acceptors (Lipinski definition) is 12. The van der Waals surface area contributed by atoms with Gasteiger partial charge in [-0.25, -0.2) is 4.79 Å². The van der Waals surface area contributed by atoms with Crippen molar-refractivity contribution >= 4 is 35.6 Å². The molecule has 1 aliphatic heterocycles. The highest BCUT2D eigenvalue weighted by Crippen LogP contribution is 2.29. The number of ketones is 2. The lowest BCUT2D eigenvalue weighted by Crippen LogP contribution is -2.38. The zero-order valence-corrected chi connectivity index (χ0v) is 35.0. The Labute approximate surface area is 346 Å². The third kappa shape index (κ3) is 14.7. The number of aliphatic hydroxyl groups is 1. The number of phenolic OH excluding ortho intramolecular Hbond substituents is 1. The fraction of sp³-hybridized carbons (Fsp3) is 0.477. The van der Waals surface area contributed by atoms with Crippen LogP contribution in [-0.2, 0) is 33.4 Å². The minimum absolute atomic E-state index is 0.0166. The maximum absolute atomic E-state index is 14.0. The van der Waals surface area contributed by atoms with Crippen molar-refractivity contribution in [1.82, 2.24) is 16.0 Å². The van der Waals surface area contributed by atoms with Crippen molar-refractivity contribution in [3.63, 3.8) is 0 Å². The predicted molar refractivity (Wildman–Crippen MR) is 223 cm³/mol. The van der Waals surface area contributed by atoms with Crippen molar-refractivity contribution in [3.05, 3.63) is 88.3 Å². The molecule has 1 aromatic carbocycles. The molecule has 0 saturated heterocycles. The number of carbonyl (C=O) groups is 5. The lowest BCUT2D eigenvalue weighted by atomic mass is 9.85. The van der Waals surface area contributed by atoms with Crippen LogP contribution in [0.1, 0.15) is 71.8 Å². The van der Waals surface area contributed by atoms with E-state index in [0.717, 1.165) is 25.3 Å². The number of nitrogens with two attached hydrogens (primary N) is 1. The molecule has 322 valence electrons. The zero-order chi connectivity index (χ0) is 43.6. The average molecular weight is 821 g/mol. The number of nitrogens with one attached hydrogen (secondary N) is 3. The number of carbonyl (C=O) groups excluding carboxylic acids is 5. The highest BCUT2D eigenvalue weighted by atomic mass is 16.6. The van der Waals surface area contributed by atoms with Crippen molar-refractivity contribution in [2.45, 2.75) is 90.6 Å². The summed E-state index contributed by atoms with van der Waals surface area (Å²) in [6.45, 7) is 7.85. The number of aromatic hydroxyl groups is 1. The number of allylic oxidation sites excluding steroid dienone is 4. The van der Waals surface area contributed by atoms with Gasteiger partial charge in [0.25, 0.3) is 5.91 Å². The van der Waals surface area contributed by atoms with E-state index < -0.39 is 53.9 Å². The summed E-state index contributed by atoms with van der Waals surface area (Å²) in [5, 5.41) is 30.0. The summed E-state index contributed by atoms with van der Waals surface area (Å²) in [7, 11) is 4.37. The van der Waals surface area contributed by atoms with Crippen molar-refractivity contribution in [2.75, 3.05) is 34.4 Å². The third-order valence-electron chi connectivity index (χ3n) is 10.1. The van der Waals surface area contributed by atoms with Gasteiger partial charge >= 0.3 is 6.09 Å². The van der Waals surface area contributed by atoms with Gasteiger partial charge < -0.3 is 50.8 Å².